The van der Waals surface area contributed by atoms with Gasteiger partial charge in [0.25, 0.3) is 0 Å². The van der Waals surface area contributed by atoms with Crippen LogP contribution in [0.2, 0.25) is 0 Å². The summed E-state index contributed by atoms with van der Waals surface area (Å²) < 4.78 is 1.76. The average Bonchev–Trinajstić information content (AvgIpc) is 3.12. The molecule has 0 saturated heterocycles. The van der Waals surface area contributed by atoms with Crippen LogP contribution < -0.4 is 0 Å². The van der Waals surface area contributed by atoms with Gasteiger partial charge in [0.2, 0.25) is 0 Å². The molecule has 4 aromatic rings. The predicted molar refractivity (Wildman–Crippen MR) is 98.1 cm³/mol. The average molecular weight is 325 g/mol. The Hall–Kier alpha value is -3.60. The van der Waals surface area contributed by atoms with E-state index in [2.05, 4.69) is 20.3 Å². The first kappa shape index (κ1) is 15.0. The highest BCUT2D eigenvalue weighted by Gasteiger charge is 2.14. The Morgan fingerprint density at radius 1 is 0.720 bits per heavy atom. The van der Waals surface area contributed by atoms with Gasteiger partial charge in [-0.1, -0.05) is 66.7 Å². The molecule has 5 nitrogen and oxygen atoms in total. The Morgan fingerprint density at radius 2 is 1.32 bits per heavy atom. The lowest BCUT2D eigenvalue weighted by molar-refractivity contribution is 0.898. The highest BCUT2D eigenvalue weighted by atomic mass is 15.5. The Kier molecular flexibility index (Phi) is 4.12. The van der Waals surface area contributed by atoms with Crippen molar-refractivity contribution in [1.29, 1.82) is 0 Å². The molecule has 2 aromatic carbocycles. The SMILES string of the molecule is C(=Nn1c(-c2ccccc2)nnc1-c1ccccc1)c1cccnc1. The Morgan fingerprint density at radius 3 is 1.84 bits per heavy atom. The van der Waals surface area contributed by atoms with Crippen LogP contribution in [0.4, 0.5) is 0 Å². The van der Waals surface area contributed by atoms with E-state index >= 15 is 0 Å². The fourth-order valence-electron chi connectivity index (χ4n) is 2.50. The van der Waals surface area contributed by atoms with Crippen LogP contribution in [-0.4, -0.2) is 26.1 Å². The maximum atomic E-state index is 4.62. The van der Waals surface area contributed by atoms with E-state index < -0.39 is 0 Å². The van der Waals surface area contributed by atoms with Crippen LogP contribution in [-0.2, 0) is 0 Å². The van der Waals surface area contributed by atoms with E-state index in [0.717, 1.165) is 16.7 Å². The van der Waals surface area contributed by atoms with Crippen LogP contribution in [0.25, 0.3) is 22.8 Å². The second-order valence-corrected chi connectivity index (χ2v) is 5.42. The Balaban J connectivity index is 1.84. The normalized spacial score (nSPS) is 11.0. The summed E-state index contributed by atoms with van der Waals surface area (Å²) in [6, 6.07) is 23.6. The van der Waals surface area contributed by atoms with Gasteiger partial charge < -0.3 is 0 Å². The Bertz CT molecular complexity index is 920. The number of pyridine rings is 1. The van der Waals surface area contributed by atoms with Gasteiger partial charge in [0.15, 0.2) is 11.6 Å². The number of aromatic nitrogens is 4. The quantitative estimate of drug-likeness (QED) is 0.535. The molecule has 0 spiro atoms. The standard InChI is InChI=1S/C20H15N5/c1-3-9-17(10-4-1)19-23-24-20(18-11-5-2-6-12-18)25(19)22-15-16-8-7-13-21-14-16/h1-15H. The minimum atomic E-state index is 0.694. The third-order valence-corrected chi connectivity index (χ3v) is 3.71. The summed E-state index contributed by atoms with van der Waals surface area (Å²) in [6.45, 7) is 0. The van der Waals surface area contributed by atoms with E-state index in [1.165, 1.54) is 0 Å². The summed E-state index contributed by atoms with van der Waals surface area (Å²) in [5, 5.41) is 13.3. The molecule has 0 aliphatic rings. The van der Waals surface area contributed by atoms with Crippen LogP contribution in [0, 0.1) is 0 Å². The number of nitrogens with zero attached hydrogens (tertiary/aromatic N) is 5. The zero-order valence-electron chi connectivity index (χ0n) is 13.4. The molecule has 4 rings (SSSR count). The number of benzene rings is 2. The largest absolute Gasteiger partial charge is 0.264 e. The summed E-state index contributed by atoms with van der Waals surface area (Å²) >= 11 is 0. The second-order valence-electron chi connectivity index (χ2n) is 5.42. The van der Waals surface area contributed by atoms with Gasteiger partial charge in [-0.2, -0.15) is 9.78 Å². The molecule has 0 N–H and O–H groups in total. The van der Waals surface area contributed by atoms with Crippen LogP contribution >= 0.6 is 0 Å². The molecule has 0 unspecified atom stereocenters. The molecule has 0 bridgehead atoms. The van der Waals surface area contributed by atoms with Crippen molar-refractivity contribution in [3.8, 4) is 22.8 Å². The molecule has 0 radical (unpaired) electrons. The summed E-state index contributed by atoms with van der Waals surface area (Å²) in [5.74, 6) is 1.39. The minimum Gasteiger partial charge on any atom is -0.264 e. The van der Waals surface area contributed by atoms with E-state index in [1.54, 1.807) is 23.3 Å². The van der Waals surface area contributed by atoms with Gasteiger partial charge in [-0.25, -0.2) is 0 Å². The lowest BCUT2D eigenvalue weighted by Gasteiger charge is -2.05. The highest BCUT2D eigenvalue weighted by Crippen LogP contribution is 2.24. The molecular formula is C20H15N5. The van der Waals surface area contributed by atoms with Crippen molar-refractivity contribution < 1.29 is 0 Å². The first-order chi connectivity index (χ1) is 12.4. The zero-order chi connectivity index (χ0) is 16.9. The third kappa shape index (κ3) is 3.21. The van der Waals surface area contributed by atoms with Gasteiger partial charge in [-0.15, -0.1) is 10.2 Å². The summed E-state index contributed by atoms with van der Waals surface area (Å²) in [4.78, 5) is 4.11. The van der Waals surface area contributed by atoms with E-state index in [9.17, 15) is 0 Å². The fraction of sp³-hybridized carbons (Fsp3) is 0. The van der Waals surface area contributed by atoms with Crippen molar-refractivity contribution in [2.24, 2.45) is 5.10 Å². The molecule has 0 saturated carbocycles. The predicted octanol–water partition coefficient (Wildman–Crippen LogP) is 3.89. The molecule has 0 amide bonds. The van der Waals surface area contributed by atoms with E-state index in [1.807, 2.05) is 72.8 Å². The summed E-state index contributed by atoms with van der Waals surface area (Å²) in [7, 11) is 0. The maximum Gasteiger partial charge on any atom is 0.185 e. The minimum absolute atomic E-state index is 0.694. The van der Waals surface area contributed by atoms with Gasteiger partial charge in [0.05, 0.1) is 6.21 Å². The van der Waals surface area contributed by atoms with Crippen molar-refractivity contribution in [2.45, 2.75) is 0 Å². The number of rotatable bonds is 4. The van der Waals surface area contributed by atoms with Crippen LogP contribution in [0.5, 0.6) is 0 Å². The van der Waals surface area contributed by atoms with E-state index in [0.29, 0.717) is 11.6 Å². The summed E-state index contributed by atoms with van der Waals surface area (Å²) in [5.41, 5.74) is 2.83. The van der Waals surface area contributed by atoms with Crippen molar-refractivity contribution in [1.82, 2.24) is 19.9 Å². The number of hydrogen-bond donors (Lipinski definition) is 0. The van der Waals surface area contributed by atoms with Crippen molar-refractivity contribution in [3.63, 3.8) is 0 Å². The molecule has 120 valence electrons. The Labute approximate surface area is 145 Å². The molecule has 25 heavy (non-hydrogen) atoms. The molecule has 5 heteroatoms. The van der Waals surface area contributed by atoms with E-state index in [4.69, 9.17) is 0 Å². The van der Waals surface area contributed by atoms with Crippen molar-refractivity contribution in [3.05, 3.63) is 90.8 Å². The zero-order valence-corrected chi connectivity index (χ0v) is 13.4. The highest BCUT2D eigenvalue weighted by molar-refractivity contribution is 5.79. The summed E-state index contributed by atoms with van der Waals surface area (Å²) in [6.07, 6.45) is 5.26. The first-order valence-electron chi connectivity index (χ1n) is 7.92. The monoisotopic (exact) mass is 325 g/mol. The maximum absolute atomic E-state index is 4.62. The van der Waals surface area contributed by atoms with Crippen LogP contribution in [0.15, 0.2) is 90.3 Å². The smallest absolute Gasteiger partial charge is 0.185 e. The molecule has 2 heterocycles. The van der Waals surface area contributed by atoms with E-state index in [-0.39, 0.29) is 0 Å². The second kappa shape index (κ2) is 6.88. The fourth-order valence-corrected chi connectivity index (χ4v) is 2.50. The number of hydrogen-bond acceptors (Lipinski definition) is 4. The van der Waals surface area contributed by atoms with Crippen molar-refractivity contribution in [2.75, 3.05) is 0 Å². The van der Waals surface area contributed by atoms with Gasteiger partial charge in [-0.3, -0.25) is 4.98 Å². The molecular weight excluding hydrogens is 310 g/mol. The molecule has 0 atom stereocenters. The van der Waals surface area contributed by atoms with Gasteiger partial charge >= 0.3 is 0 Å². The lowest BCUT2D eigenvalue weighted by atomic mass is 10.2. The lowest BCUT2D eigenvalue weighted by Crippen LogP contribution is -1.97. The third-order valence-electron chi connectivity index (χ3n) is 3.71. The van der Waals surface area contributed by atoms with Gasteiger partial charge in [-0.05, 0) is 6.07 Å². The molecule has 0 fully saturated rings. The topological polar surface area (TPSA) is 56.0 Å². The van der Waals surface area contributed by atoms with Gasteiger partial charge in [0, 0.05) is 29.1 Å². The molecule has 2 aromatic heterocycles. The first-order valence-corrected chi connectivity index (χ1v) is 7.92. The van der Waals surface area contributed by atoms with Crippen LogP contribution in [0.3, 0.4) is 0 Å². The molecule has 0 aliphatic heterocycles. The van der Waals surface area contributed by atoms with Crippen molar-refractivity contribution >= 4 is 6.21 Å². The van der Waals surface area contributed by atoms with Crippen LogP contribution in [0.1, 0.15) is 5.56 Å². The van der Waals surface area contributed by atoms with Gasteiger partial charge in [0.1, 0.15) is 0 Å². The molecule has 0 aliphatic carbocycles.